The Morgan fingerprint density at radius 3 is 2.63 bits per heavy atom. The molecule has 3 rings (SSSR count). The molecule has 140 valence electrons. The number of carbonyl (C=O) groups excluding carboxylic acids is 2. The van der Waals surface area contributed by atoms with Crippen LogP contribution in [0.2, 0.25) is 5.02 Å². The highest BCUT2D eigenvalue weighted by molar-refractivity contribution is 7.21. The number of ether oxygens (including phenoxy) is 2. The van der Waals surface area contributed by atoms with E-state index in [0.29, 0.717) is 26.4 Å². The molecule has 1 aromatic heterocycles. The van der Waals surface area contributed by atoms with Gasteiger partial charge in [-0.25, -0.2) is 9.18 Å². The highest BCUT2D eigenvalue weighted by Gasteiger charge is 2.22. The molecule has 0 aliphatic rings. The summed E-state index contributed by atoms with van der Waals surface area (Å²) in [6.07, 6.45) is 0. The van der Waals surface area contributed by atoms with Gasteiger partial charge in [-0.3, -0.25) is 4.79 Å². The van der Waals surface area contributed by atoms with Gasteiger partial charge in [-0.2, -0.15) is 0 Å². The average Bonchev–Trinajstić information content (AvgIpc) is 3.02. The smallest absolute Gasteiger partial charge is 0.349 e. The molecule has 0 spiro atoms. The Hall–Kier alpha value is -2.48. The van der Waals surface area contributed by atoms with Crippen molar-refractivity contribution in [1.82, 2.24) is 0 Å². The first-order valence-corrected chi connectivity index (χ1v) is 9.10. The number of esters is 1. The third-order valence-electron chi connectivity index (χ3n) is 3.70. The van der Waals surface area contributed by atoms with E-state index in [1.165, 1.54) is 13.2 Å². The maximum Gasteiger partial charge on any atom is 0.349 e. The quantitative estimate of drug-likeness (QED) is 0.605. The predicted molar refractivity (Wildman–Crippen MR) is 103 cm³/mol. The Labute approximate surface area is 163 Å². The summed E-state index contributed by atoms with van der Waals surface area (Å²) < 4.78 is 25.0. The second-order valence-electron chi connectivity index (χ2n) is 5.59. The standard InChI is InChI=1S/C19H15ClFNO4S/c1-25-9-13-17-14(21)3-2-4-15(17)27-18(13)19(24)26-10-16(23)22-12-7-5-11(20)6-8-12/h2-8H,9-10H2,1H3,(H,22,23). The number of rotatable bonds is 6. The largest absolute Gasteiger partial charge is 0.451 e. The van der Waals surface area contributed by atoms with E-state index in [1.54, 1.807) is 36.4 Å². The summed E-state index contributed by atoms with van der Waals surface area (Å²) in [5.41, 5.74) is 0.947. The van der Waals surface area contributed by atoms with Crippen molar-refractivity contribution in [3.63, 3.8) is 0 Å². The Balaban J connectivity index is 1.72. The summed E-state index contributed by atoms with van der Waals surface area (Å²) in [7, 11) is 1.46. The minimum Gasteiger partial charge on any atom is -0.451 e. The third kappa shape index (κ3) is 4.44. The molecule has 1 amide bonds. The summed E-state index contributed by atoms with van der Waals surface area (Å²) in [6, 6.07) is 11.1. The second-order valence-corrected chi connectivity index (χ2v) is 7.08. The van der Waals surface area contributed by atoms with Gasteiger partial charge in [-0.1, -0.05) is 17.7 Å². The van der Waals surface area contributed by atoms with Gasteiger partial charge in [0, 0.05) is 33.5 Å². The molecule has 3 aromatic rings. The fraction of sp³-hybridized carbons (Fsp3) is 0.158. The summed E-state index contributed by atoms with van der Waals surface area (Å²) in [4.78, 5) is 24.6. The molecule has 0 radical (unpaired) electrons. The molecule has 8 heteroatoms. The lowest BCUT2D eigenvalue weighted by molar-refractivity contribution is -0.119. The van der Waals surface area contributed by atoms with Gasteiger partial charge < -0.3 is 14.8 Å². The zero-order valence-corrected chi connectivity index (χ0v) is 15.8. The number of anilines is 1. The number of carbonyl (C=O) groups is 2. The fourth-order valence-corrected chi connectivity index (χ4v) is 3.78. The molecule has 0 bridgehead atoms. The molecular formula is C19H15ClFNO4S. The molecule has 0 aliphatic carbocycles. The molecule has 0 saturated carbocycles. The van der Waals surface area contributed by atoms with Crippen molar-refractivity contribution < 1.29 is 23.5 Å². The van der Waals surface area contributed by atoms with Crippen molar-refractivity contribution in [2.75, 3.05) is 19.0 Å². The van der Waals surface area contributed by atoms with Gasteiger partial charge in [-0.05, 0) is 36.4 Å². The molecule has 1 N–H and O–H groups in total. The lowest BCUT2D eigenvalue weighted by Gasteiger charge is -2.07. The number of amides is 1. The summed E-state index contributed by atoms with van der Waals surface area (Å²) in [5, 5.41) is 3.47. The molecule has 1 heterocycles. The first-order valence-electron chi connectivity index (χ1n) is 7.91. The van der Waals surface area contributed by atoms with Crippen molar-refractivity contribution in [3.8, 4) is 0 Å². The van der Waals surface area contributed by atoms with Gasteiger partial charge in [0.1, 0.15) is 10.7 Å². The van der Waals surface area contributed by atoms with E-state index in [1.807, 2.05) is 0 Å². The first-order chi connectivity index (χ1) is 13.0. The van der Waals surface area contributed by atoms with Gasteiger partial charge in [-0.15, -0.1) is 11.3 Å². The molecule has 0 aliphatic heterocycles. The van der Waals surface area contributed by atoms with Crippen LogP contribution in [0.1, 0.15) is 15.2 Å². The topological polar surface area (TPSA) is 64.6 Å². The Morgan fingerprint density at radius 1 is 1.19 bits per heavy atom. The van der Waals surface area contributed by atoms with Crippen LogP contribution >= 0.6 is 22.9 Å². The number of nitrogens with one attached hydrogen (secondary N) is 1. The van der Waals surface area contributed by atoms with Gasteiger partial charge >= 0.3 is 5.97 Å². The maximum absolute atomic E-state index is 14.2. The number of halogens is 2. The van der Waals surface area contributed by atoms with Gasteiger partial charge in [0.05, 0.1) is 6.61 Å². The van der Waals surface area contributed by atoms with E-state index < -0.39 is 24.3 Å². The molecule has 5 nitrogen and oxygen atoms in total. The van der Waals surface area contributed by atoms with E-state index in [4.69, 9.17) is 21.1 Å². The van der Waals surface area contributed by atoms with Crippen LogP contribution in [-0.4, -0.2) is 25.6 Å². The van der Waals surface area contributed by atoms with Crippen molar-refractivity contribution in [2.24, 2.45) is 0 Å². The minimum atomic E-state index is -0.700. The van der Waals surface area contributed by atoms with Crippen LogP contribution in [0.3, 0.4) is 0 Å². The monoisotopic (exact) mass is 407 g/mol. The van der Waals surface area contributed by atoms with Crippen molar-refractivity contribution >= 4 is 50.6 Å². The first kappa shape index (κ1) is 19.3. The number of hydrogen-bond acceptors (Lipinski definition) is 5. The molecule has 0 fully saturated rings. The molecule has 0 saturated heterocycles. The zero-order chi connectivity index (χ0) is 19.4. The lowest BCUT2D eigenvalue weighted by Crippen LogP contribution is -2.21. The van der Waals surface area contributed by atoms with Crippen molar-refractivity contribution in [2.45, 2.75) is 6.61 Å². The highest BCUT2D eigenvalue weighted by Crippen LogP contribution is 2.34. The Morgan fingerprint density at radius 2 is 1.93 bits per heavy atom. The van der Waals surface area contributed by atoms with Crippen molar-refractivity contribution in [1.29, 1.82) is 0 Å². The summed E-state index contributed by atoms with van der Waals surface area (Å²) >= 11 is 6.89. The van der Waals surface area contributed by atoms with E-state index in [9.17, 15) is 14.0 Å². The van der Waals surface area contributed by atoms with Gasteiger partial charge in [0.25, 0.3) is 5.91 Å². The molecule has 2 aromatic carbocycles. The van der Waals surface area contributed by atoms with Crippen LogP contribution in [0.25, 0.3) is 10.1 Å². The van der Waals surface area contributed by atoms with Crippen LogP contribution in [-0.2, 0) is 20.9 Å². The van der Waals surface area contributed by atoms with Gasteiger partial charge in [0.15, 0.2) is 6.61 Å². The number of benzene rings is 2. The number of thiophene rings is 1. The lowest BCUT2D eigenvalue weighted by atomic mass is 10.1. The molecular weight excluding hydrogens is 393 g/mol. The van der Waals surface area contributed by atoms with Crippen LogP contribution in [0.4, 0.5) is 10.1 Å². The molecule has 0 atom stereocenters. The maximum atomic E-state index is 14.2. The summed E-state index contributed by atoms with van der Waals surface area (Å²) in [5.74, 6) is -1.63. The van der Waals surface area contributed by atoms with Crippen LogP contribution in [0, 0.1) is 5.82 Å². The van der Waals surface area contributed by atoms with Crippen LogP contribution in [0.15, 0.2) is 42.5 Å². The predicted octanol–water partition coefficient (Wildman–Crippen LogP) is 4.64. The number of fused-ring (bicyclic) bond motifs is 1. The summed E-state index contributed by atoms with van der Waals surface area (Å²) in [6.45, 7) is -0.410. The van der Waals surface area contributed by atoms with E-state index >= 15 is 0 Å². The normalized spacial score (nSPS) is 10.8. The Bertz CT molecular complexity index is 987. The third-order valence-corrected chi connectivity index (χ3v) is 5.13. The van der Waals surface area contributed by atoms with Crippen molar-refractivity contribution in [3.05, 3.63) is 63.7 Å². The highest BCUT2D eigenvalue weighted by atomic mass is 35.5. The van der Waals surface area contributed by atoms with E-state index in [0.717, 1.165) is 11.3 Å². The van der Waals surface area contributed by atoms with Crippen LogP contribution in [0.5, 0.6) is 0 Å². The molecule has 27 heavy (non-hydrogen) atoms. The zero-order valence-electron chi connectivity index (χ0n) is 14.3. The van der Waals surface area contributed by atoms with Gasteiger partial charge in [0.2, 0.25) is 0 Å². The number of hydrogen-bond donors (Lipinski definition) is 1. The van der Waals surface area contributed by atoms with E-state index in [-0.39, 0.29) is 11.5 Å². The SMILES string of the molecule is COCc1c(C(=O)OCC(=O)Nc2ccc(Cl)cc2)sc2cccc(F)c12. The minimum absolute atomic E-state index is 0.0579. The average molecular weight is 408 g/mol. The fourth-order valence-electron chi connectivity index (χ4n) is 2.54. The number of methoxy groups -OCH3 is 1. The van der Waals surface area contributed by atoms with E-state index in [2.05, 4.69) is 5.32 Å². The Kier molecular flexibility index (Phi) is 6.05. The molecule has 0 unspecified atom stereocenters. The second kappa shape index (κ2) is 8.47. The van der Waals surface area contributed by atoms with Crippen LogP contribution < -0.4 is 5.32 Å².